The van der Waals surface area contributed by atoms with Crippen molar-refractivity contribution in [3.05, 3.63) is 66.4 Å². The van der Waals surface area contributed by atoms with Gasteiger partial charge in [0, 0.05) is 35.9 Å². The van der Waals surface area contributed by atoms with Crippen molar-refractivity contribution in [1.82, 2.24) is 24.6 Å². The Morgan fingerprint density at radius 1 is 1.00 bits per heavy atom. The lowest BCUT2D eigenvalue weighted by Crippen LogP contribution is -2.08. The van der Waals surface area contributed by atoms with Gasteiger partial charge in [-0.2, -0.15) is 22.7 Å². The number of benzene rings is 1. The van der Waals surface area contributed by atoms with Crippen LogP contribution in [-0.4, -0.2) is 24.6 Å². The minimum absolute atomic E-state index is 0.140. The minimum atomic E-state index is -4.66. The van der Waals surface area contributed by atoms with E-state index in [0.29, 0.717) is 28.7 Å². The van der Waals surface area contributed by atoms with Crippen LogP contribution in [0.1, 0.15) is 11.5 Å². The van der Waals surface area contributed by atoms with Crippen molar-refractivity contribution in [2.75, 3.05) is 5.32 Å². The molecule has 0 saturated heterocycles. The Labute approximate surface area is 156 Å². The topological polar surface area (TPSA) is 77.2 Å². The van der Waals surface area contributed by atoms with E-state index in [4.69, 9.17) is 4.74 Å². The van der Waals surface area contributed by atoms with Crippen LogP contribution in [-0.2, 0) is 6.18 Å². The molecular weight excluding hydrogens is 373 g/mol. The molecule has 4 rings (SSSR count). The molecule has 0 saturated carbocycles. The molecule has 142 valence electrons. The van der Waals surface area contributed by atoms with Gasteiger partial charge in [0.1, 0.15) is 17.3 Å². The quantitative estimate of drug-likeness (QED) is 0.561. The SMILES string of the molecule is Cc1cc(Nc2cccc(Oc3ccncc3)c2)n2nc(C(F)(F)F)nc2n1. The van der Waals surface area contributed by atoms with Gasteiger partial charge in [-0.3, -0.25) is 4.98 Å². The van der Waals surface area contributed by atoms with E-state index in [1.807, 2.05) is 0 Å². The lowest BCUT2D eigenvalue weighted by Gasteiger charge is -2.11. The monoisotopic (exact) mass is 386 g/mol. The number of aromatic nitrogens is 5. The summed E-state index contributed by atoms with van der Waals surface area (Å²) in [7, 11) is 0. The summed E-state index contributed by atoms with van der Waals surface area (Å²) in [6.45, 7) is 1.66. The summed E-state index contributed by atoms with van der Waals surface area (Å²) in [5, 5.41) is 6.57. The second-order valence-electron chi connectivity index (χ2n) is 5.87. The third kappa shape index (κ3) is 3.70. The molecular formula is C18H13F3N6O. The lowest BCUT2D eigenvalue weighted by molar-refractivity contribution is -0.144. The number of anilines is 2. The zero-order valence-corrected chi connectivity index (χ0v) is 14.5. The molecule has 1 N–H and O–H groups in total. The van der Waals surface area contributed by atoms with Gasteiger partial charge in [0.25, 0.3) is 11.6 Å². The molecule has 28 heavy (non-hydrogen) atoms. The average Bonchev–Trinajstić information content (AvgIpc) is 3.07. The van der Waals surface area contributed by atoms with E-state index in [-0.39, 0.29) is 5.78 Å². The van der Waals surface area contributed by atoms with E-state index in [2.05, 4.69) is 25.4 Å². The molecule has 0 amide bonds. The van der Waals surface area contributed by atoms with Crippen molar-refractivity contribution in [2.45, 2.75) is 13.1 Å². The maximum atomic E-state index is 12.9. The fourth-order valence-corrected chi connectivity index (χ4v) is 2.52. The van der Waals surface area contributed by atoms with Crippen LogP contribution in [0.25, 0.3) is 5.78 Å². The zero-order valence-electron chi connectivity index (χ0n) is 14.5. The molecule has 3 heterocycles. The Balaban J connectivity index is 1.66. The maximum Gasteiger partial charge on any atom is 0.453 e. The zero-order chi connectivity index (χ0) is 19.7. The number of halogens is 3. The van der Waals surface area contributed by atoms with Crippen LogP contribution >= 0.6 is 0 Å². The molecule has 0 fully saturated rings. The van der Waals surface area contributed by atoms with Gasteiger partial charge >= 0.3 is 6.18 Å². The van der Waals surface area contributed by atoms with Crippen LogP contribution in [0, 0.1) is 6.92 Å². The standard InChI is InChI=1S/C18H13F3N6O/c1-11-9-15(27-17(23-11)25-16(26-27)18(19,20)21)24-12-3-2-4-14(10-12)28-13-5-7-22-8-6-13/h2-10,24H,1H3. The predicted octanol–water partition coefficient (Wildman–Crippen LogP) is 4.38. The van der Waals surface area contributed by atoms with E-state index in [0.717, 1.165) is 4.52 Å². The van der Waals surface area contributed by atoms with Crippen LogP contribution in [0.3, 0.4) is 0 Å². The number of fused-ring (bicyclic) bond motifs is 1. The largest absolute Gasteiger partial charge is 0.457 e. The molecule has 0 spiro atoms. The summed E-state index contributed by atoms with van der Waals surface area (Å²) in [4.78, 5) is 11.4. The highest BCUT2D eigenvalue weighted by Gasteiger charge is 2.36. The number of pyridine rings is 1. The Morgan fingerprint density at radius 2 is 1.79 bits per heavy atom. The summed E-state index contributed by atoms with van der Waals surface area (Å²) in [6, 6.07) is 12.0. The summed E-state index contributed by atoms with van der Waals surface area (Å²) >= 11 is 0. The van der Waals surface area contributed by atoms with Crippen LogP contribution in [0.2, 0.25) is 0 Å². The fraction of sp³-hybridized carbons (Fsp3) is 0.111. The van der Waals surface area contributed by atoms with Crippen LogP contribution in [0.4, 0.5) is 24.7 Å². The number of aryl methyl sites for hydroxylation is 1. The van der Waals surface area contributed by atoms with Crippen molar-refractivity contribution in [3.63, 3.8) is 0 Å². The van der Waals surface area contributed by atoms with E-state index in [1.54, 1.807) is 61.8 Å². The van der Waals surface area contributed by atoms with Gasteiger partial charge in [0.15, 0.2) is 0 Å². The van der Waals surface area contributed by atoms with E-state index >= 15 is 0 Å². The number of nitrogens with one attached hydrogen (secondary N) is 1. The van der Waals surface area contributed by atoms with Crippen LogP contribution in [0.5, 0.6) is 11.5 Å². The van der Waals surface area contributed by atoms with Crippen molar-refractivity contribution in [1.29, 1.82) is 0 Å². The third-order valence-electron chi connectivity index (χ3n) is 3.69. The fourth-order valence-electron chi connectivity index (χ4n) is 2.52. The third-order valence-corrected chi connectivity index (χ3v) is 3.69. The molecule has 4 aromatic rings. The Hall–Kier alpha value is -3.69. The molecule has 0 bridgehead atoms. The molecule has 7 nitrogen and oxygen atoms in total. The first-order chi connectivity index (χ1) is 13.4. The molecule has 10 heteroatoms. The number of rotatable bonds is 4. The molecule has 3 aromatic heterocycles. The summed E-state index contributed by atoms with van der Waals surface area (Å²) < 4.78 is 45.6. The highest BCUT2D eigenvalue weighted by Crippen LogP contribution is 2.29. The smallest absolute Gasteiger partial charge is 0.453 e. The van der Waals surface area contributed by atoms with Gasteiger partial charge in [0.2, 0.25) is 0 Å². The molecule has 0 radical (unpaired) electrons. The second-order valence-corrected chi connectivity index (χ2v) is 5.87. The van der Waals surface area contributed by atoms with Crippen LogP contribution < -0.4 is 10.1 Å². The van der Waals surface area contributed by atoms with Gasteiger partial charge in [-0.05, 0) is 31.2 Å². The lowest BCUT2D eigenvalue weighted by atomic mass is 10.3. The van der Waals surface area contributed by atoms with E-state index in [1.165, 1.54) is 0 Å². The van der Waals surface area contributed by atoms with E-state index in [9.17, 15) is 13.2 Å². The first-order valence-electron chi connectivity index (χ1n) is 8.15. The Morgan fingerprint density at radius 3 is 2.54 bits per heavy atom. The molecule has 0 unspecified atom stereocenters. The van der Waals surface area contributed by atoms with Crippen molar-refractivity contribution in [3.8, 4) is 11.5 Å². The highest BCUT2D eigenvalue weighted by molar-refractivity contribution is 5.60. The van der Waals surface area contributed by atoms with E-state index < -0.39 is 12.0 Å². The normalized spacial score (nSPS) is 11.6. The number of hydrogen-bond acceptors (Lipinski definition) is 6. The number of nitrogens with zero attached hydrogens (tertiary/aromatic N) is 5. The summed E-state index contributed by atoms with van der Waals surface area (Å²) in [6.07, 6.45) is -1.44. The Bertz CT molecular complexity index is 1130. The first kappa shape index (κ1) is 17.7. The minimum Gasteiger partial charge on any atom is -0.457 e. The summed E-state index contributed by atoms with van der Waals surface area (Å²) in [5.41, 5.74) is 1.10. The van der Waals surface area contributed by atoms with Crippen molar-refractivity contribution < 1.29 is 17.9 Å². The predicted molar refractivity (Wildman–Crippen MR) is 94.6 cm³/mol. The summed E-state index contributed by atoms with van der Waals surface area (Å²) in [5.74, 6) is 0.0715. The number of alkyl halides is 3. The number of hydrogen-bond donors (Lipinski definition) is 1. The molecule has 0 aliphatic carbocycles. The maximum absolute atomic E-state index is 12.9. The van der Waals surface area contributed by atoms with Crippen molar-refractivity contribution >= 4 is 17.3 Å². The molecule has 0 aliphatic heterocycles. The van der Waals surface area contributed by atoms with Crippen LogP contribution in [0.15, 0.2) is 54.9 Å². The first-order valence-corrected chi connectivity index (χ1v) is 8.15. The Kier molecular flexibility index (Phi) is 4.30. The van der Waals surface area contributed by atoms with Gasteiger partial charge < -0.3 is 10.1 Å². The molecule has 1 aromatic carbocycles. The average molecular weight is 386 g/mol. The van der Waals surface area contributed by atoms with Gasteiger partial charge in [-0.15, -0.1) is 5.10 Å². The molecule has 0 aliphatic rings. The number of ether oxygens (including phenoxy) is 1. The second kappa shape index (κ2) is 6.80. The van der Waals surface area contributed by atoms with Gasteiger partial charge in [-0.1, -0.05) is 6.07 Å². The highest BCUT2D eigenvalue weighted by atomic mass is 19.4. The molecule has 0 atom stereocenters. The van der Waals surface area contributed by atoms with Crippen molar-refractivity contribution in [2.24, 2.45) is 0 Å². The van der Waals surface area contributed by atoms with Gasteiger partial charge in [-0.25, -0.2) is 4.98 Å². The van der Waals surface area contributed by atoms with Gasteiger partial charge in [0.05, 0.1) is 0 Å².